The van der Waals surface area contributed by atoms with Gasteiger partial charge in [0.05, 0.1) is 0 Å². The van der Waals surface area contributed by atoms with E-state index in [0.29, 0.717) is 16.9 Å². The van der Waals surface area contributed by atoms with Crippen LogP contribution in [-0.4, -0.2) is 39.6 Å². The lowest BCUT2D eigenvalue weighted by Gasteiger charge is -2.13. The van der Waals surface area contributed by atoms with Crippen molar-refractivity contribution in [2.24, 2.45) is 0 Å². The lowest BCUT2D eigenvalue weighted by molar-refractivity contribution is -0.119. The Labute approximate surface area is 141 Å². The highest BCUT2D eigenvalue weighted by Crippen LogP contribution is 2.17. The third-order valence-electron chi connectivity index (χ3n) is 3.33. The minimum atomic E-state index is -0.227. The molecule has 0 spiro atoms. The lowest BCUT2D eigenvalue weighted by atomic mass is 10.1. The highest BCUT2D eigenvalue weighted by molar-refractivity contribution is 6.05. The molecule has 0 aliphatic carbocycles. The van der Waals surface area contributed by atoms with Gasteiger partial charge in [-0.05, 0) is 42.5 Å². The number of rotatable bonds is 6. The first kappa shape index (κ1) is 17.5. The smallest absolute Gasteiger partial charge is 0.255 e. The predicted molar refractivity (Wildman–Crippen MR) is 95.7 cm³/mol. The Morgan fingerprint density at radius 2 is 1.62 bits per heavy atom. The molecule has 0 aromatic heterocycles. The van der Waals surface area contributed by atoms with Gasteiger partial charge in [-0.2, -0.15) is 0 Å². The van der Waals surface area contributed by atoms with E-state index in [-0.39, 0.29) is 18.4 Å². The highest BCUT2D eigenvalue weighted by Gasteiger charge is 2.08. The number of nitrogens with one attached hydrogen (secondary N) is 2. The predicted octanol–water partition coefficient (Wildman–Crippen LogP) is 2.59. The van der Waals surface area contributed by atoms with Crippen molar-refractivity contribution in [3.8, 4) is 0 Å². The summed E-state index contributed by atoms with van der Waals surface area (Å²) in [6.07, 6.45) is 0. The van der Waals surface area contributed by atoms with Crippen molar-refractivity contribution in [2.45, 2.75) is 0 Å². The Kier molecular flexibility index (Phi) is 5.92. The van der Waals surface area contributed by atoms with E-state index in [1.165, 1.54) is 7.11 Å². The molecular weight excluding hydrogens is 306 g/mol. The first-order chi connectivity index (χ1) is 11.5. The Bertz CT molecular complexity index is 712. The second kappa shape index (κ2) is 8.12. The monoisotopic (exact) mass is 327 g/mol. The largest absolute Gasteiger partial charge is 0.378 e. The van der Waals surface area contributed by atoms with Crippen molar-refractivity contribution in [2.75, 3.05) is 43.3 Å². The Morgan fingerprint density at radius 1 is 1.00 bits per heavy atom. The molecule has 0 aliphatic rings. The van der Waals surface area contributed by atoms with Crippen molar-refractivity contribution >= 4 is 28.9 Å². The molecule has 2 aromatic rings. The van der Waals surface area contributed by atoms with Gasteiger partial charge in [-0.3, -0.25) is 9.59 Å². The number of methoxy groups -OCH3 is 1. The summed E-state index contributed by atoms with van der Waals surface area (Å²) in [5, 5.41) is 5.53. The number of nitrogens with zero attached hydrogens (tertiary/aromatic N) is 1. The number of carbonyl (C=O) groups excluding carboxylic acids is 2. The van der Waals surface area contributed by atoms with Crippen LogP contribution in [-0.2, 0) is 9.53 Å². The van der Waals surface area contributed by atoms with Crippen LogP contribution in [0.25, 0.3) is 0 Å². The fourth-order valence-corrected chi connectivity index (χ4v) is 2.09. The highest BCUT2D eigenvalue weighted by atomic mass is 16.5. The van der Waals surface area contributed by atoms with Crippen LogP contribution < -0.4 is 15.5 Å². The third-order valence-corrected chi connectivity index (χ3v) is 3.33. The zero-order valence-corrected chi connectivity index (χ0v) is 14.0. The Morgan fingerprint density at radius 3 is 2.21 bits per heavy atom. The molecule has 0 radical (unpaired) electrons. The quantitative estimate of drug-likeness (QED) is 0.855. The molecule has 2 aromatic carbocycles. The molecule has 24 heavy (non-hydrogen) atoms. The van der Waals surface area contributed by atoms with Crippen LogP contribution in [0.5, 0.6) is 0 Å². The third kappa shape index (κ3) is 4.82. The van der Waals surface area contributed by atoms with Crippen LogP contribution in [0.15, 0.2) is 48.5 Å². The number of hydrogen-bond donors (Lipinski definition) is 2. The summed E-state index contributed by atoms with van der Waals surface area (Å²) >= 11 is 0. The van der Waals surface area contributed by atoms with Crippen molar-refractivity contribution in [3.63, 3.8) is 0 Å². The maximum Gasteiger partial charge on any atom is 0.255 e. The van der Waals surface area contributed by atoms with Crippen LogP contribution in [0, 0.1) is 0 Å². The molecule has 126 valence electrons. The van der Waals surface area contributed by atoms with Gasteiger partial charge in [-0.15, -0.1) is 0 Å². The van der Waals surface area contributed by atoms with Gasteiger partial charge in [0, 0.05) is 43.8 Å². The topological polar surface area (TPSA) is 70.7 Å². The van der Waals surface area contributed by atoms with Gasteiger partial charge in [-0.1, -0.05) is 6.07 Å². The fraction of sp³-hybridized carbons (Fsp3) is 0.222. The molecule has 6 nitrogen and oxygen atoms in total. The van der Waals surface area contributed by atoms with Gasteiger partial charge in [0.25, 0.3) is 5.91 Å². The molecule has 0 fully saturated rings. The fourth-order valence-electron chi connectivity index (χ4n) is 2.09. The van der Waals surface area contributed by atoms with E-state index in [1.54, 1.807) is 30.3 Å². The minimum Gasteiger partial charge on any atom is -0.378 e. The van der Waals surface area contributed by atoms with E-state index in [0.717, 1.165) is 5.69 Å². The summed E-state index contributed by atoms with van der Waals surface area (Å²) in [7, 11) is 5.31. The minimum absolute atomic E-state index is 0.000697. The van der Waals surface area contributed by atoms with E-state index in [4.69, 9.17) is 4.74 Å². The van der Waals surface area contributed by atoms with Gasteiger partial charge in [0.15, 0.2) is 0 Å². The maximum atomic E-state index is 12.3. The average molecular weight is 327 g/mol. The number of benzene rings is 2. The van der Waals surface area contributed by atoms with Gasteiger partial charge < -0.3 is 20.3 Å². The molecule has 0 aliphatic heterocycles. The number of ether oxygens (including phenoxy) is 1. The molecule has 0 saturated heterocycles. The number of amides is 2. The average Bonchev–Trinajstić information content (AvgIpc) is 2.57. The maximum absolute atomic E-state index is 12.3. The first-order valence-corrected chi connectivity index (χ1v) is 7.47. The zero-order chi connectivity index (χ0) is 17.5. The molecular formula is C18H21N3O3. The van der Waals surface area contributed by atoms with Crippen LogP contribution in [0.1, 0.15) is 10.4 Å². The normalized spacial score (nSPS) is 10.1. The van der Waals surface area contributed by atoms with Gasteiger partial charge in [-0.25, -0.2) is 0 Å². The van der Waals surface area contributed by atoms with E-state index in [1.807, 2.05) is 37.2 Å². The van der Waals surface area contributed by atoms with E-state index in [2.05, 4.69) is 10.6 Å². The summed E-state index contributed by atoms with van der Waals surface area (Å²) in [5.74, 6) is -0.412. The zero-order valence-electron chi connectivity index (χ0n) is 14.0. The summed E-state index contributed by atoms with van der Waals surface area (Å²) < 4.78 is 4.76. The number of anilines is 3. The lowest BCUT2D eigenvalue weighted by Crippen LogP contribution is -2.17. The van der Waals surface area contributed by atoms with Crippen LogP contribution in [0.3, 0.4) is 0 Å². The molecule has 2 amide bonds. The first-order valence-electron chi connectivity index (χ1n) is 7.47. The van der Waals surface area contributed by atoms with Crippen molar-refractivity contribution in [3.05, 3.63) is 54.1 Å². The Balaban J connectivity index is 2.01. The molecule has 2 N–H and O–H groups in total. The van der Waals surface area contributed by atoms with Crippen LogP contribution >= 0.6 is 0 Å². The van der Waals surface area contributed by atoms with E-state index >= 15 is 0 Å². The molecule has 0 bridgehead atoms. The van der Waals surface area contributed by atoms with Crippen molar-refractivity contribution < 1.29 is 14.3 Å². The summed E-state index contributed by atoms with van der Waals surface area (Å²) in [4.78, 5) is 25.7. The summed E-state index contributed by atoms with van der Waals surface area (Å²) in [6.45, 7) is 0.000697. The second-order valence-electron chi connectivity index (χ2n) is 5.46. The van der Waals surface area contributed by atoms with Crippen molar-refractivity contribution in [1.82, 2.24) is 0 Å². The molecule has 2 rings (SSSR count). The van der Waals surface area contributed by atoms with E-state index in [9.17, 15) is 9.59 Å². The van der Waals surface area contributed by atoms with Crippen LogP contribution in [0.2, 0.25) is 0 Å². The molecule has 0 heterocycles. The number of hydrogen-bond acceptors (Lipinski definition) is 4. The standard InChI is InChI=1S/C18H21N3O3/c1-21(2)16-6-4-5-13(11-16)18(23)20-15-9-7-14(8-10-15)19-17(22)12-24-3/h4-11H,12H2,1-3H3,(H,19,22)(H,20,23). The SMILES string of the molecule is COCC(=O)Nc1ccc(NC(=O)c2cccc(N(C)C)c2)cc1. The Hall–Kier alpha value is -2.86. The molecule has 0 atom stereocenters. The van der Waals surface area contributed by atoms with Crippen LogP contribution in [0.4, 0.5) is 17.1 Å². The van der Waals surface area contributed by atoms with E-state index < -0.39 is 0 Å². The number of carbonyl (C=O) groups is 2. The molecule has 0 saturated carbocycles. The van der Waals surface area contributed by atoms with Gasteiger partial charge >= 0.3 is 0 Å². The van der Waals surface area contributed by atoms with Gasteiger partial charge in [0.2, 0.25) is 5.91 Å². The molecule has 0 unspecified atom stereocenters. The van der Waals surface area contributed by atoms with Crippen molar-refractivity contribution in [1.29, 1.82) is 0 Å². The second-order valence-corrected chi connectivity index (χ2v) is 5.46. The summed E-state index contributed by atoms with van der Waals surface area (Å²) in [5.41, 5.74) is 2.84. The summed E-state index contributed by atoms with van der Waals surface area (Å²) in [6, 6.07) is 14.3. The van der Waals surface area contributed by atoms with Gasteiger partial charge in [0.1, 0.15) is 6.61 Å². The molecule has 6 heteroatoms.